The molecule has 2 heterocycles. The Morgan fingerprint density at radius 3 is 2.61 bits per heavy atom. The molecule has 1 aliphatic heterocycles. The SMILES string of the molecule is O=C(c1cc2c([nH]c1=O)C[C@]13CCN(CC4CC4)[C@H](Cc4ccc(O)cc41)[C@@H]3C2)C1[C@@H]2CC[C@H]1CC(O)C2. The molecule has 2 unspecified atom stereocenters. The Bertz CT molecular complexity index is 1360. The minimum Gasteiger partial charge on any atom is -0.508 e. The number of Topliss-reactive ketones (excluding diaryl/α,β-unsaturated/α-hetero) is 1. The number of rotatable bonds is 4. The fourth-order valence-electron chi connectivity index (χ4n) is 9.65. The van der Waals surface area contributed by atoms with E-state index in [0.717, 1.165) is 62.2 Å². The molecule has 1 aromatic carbocycles. The number of piperidine rings is 1. The molecular formula is C32H38N2O4. The average Bonchev–Trinajstić information content (AvgIpc) is 3.67. The standard InChI is InChI=1S/C32H38N2O4/c35-22-6-5-18-13-28-26-12-21-11-24(30(37)29-19-3-4-20(29)10-23(36)9-19)31(38)33-27(21)15-32(26,25(18)14-22)7-8-34(28)16-17-1-2-17/h5-6,11,14,17,19-20,23,26,28-29,35-36H,1-4,7-10,12-13,15-16H2,(H,33,38)/t19-,20+,23?,26-,28+,29?,32+/m0/s1. The summed E-state index contributed by atoms with van der Waals surface area (Å²) < 4.78 is 0. The van der Waals surface area contributed by atoms with E-state index >= 15 is 0 Å². The van der Waals surface area contributed by atoms with Crippen molar-refractivity contribution >= 4 is 5.78 Å². The number of phenolic OH excluding ortho intramolecular Hbond substituents is 1. The number of hydrogen-bond acceptors (Lipinski definition) is 5. The van der Waals surface area contributed by atoms with Gasteiger partial charge in [0.05, 0.1) is 11.7 Å². The fraction of sp³-hybridized carbons (Fsp3) is 0.625. The molecule has 8 rings (SSSR count). The number of ketones is 1. The summed E-state index contributed by atoms with van der Waals surface area (Å²) in [4.78, 5) is 33.1. The lowest BCUT2D eigenvalue weighted by Gasteiger charge is -2.59. The topological polar surface area (TPSA) is 93.6 Å². The van der Waals surface area contributed by atoms with Crippen LogP contribution in [0.1, 0.15) is 77.7 Å². The minimum absolute atomic E-state index is 0.00297. The lowest BCUT2D eigenvalue weighted by atomic mass is 9.52. The largest absolute Gasteiger partial charge is 0.508 e. The van der Waals surface area contributed by atoms with Crippen LogP contribution in [-0.4, -0.2) is 51.1 Å². The second kappa shape index (κ2) is 8.28. The van der Waals surface area contributed by atoms with Crippen LogP contribution in [0.3, 0.4) is 0 Å². The number of carbonyl (C=O) groups excluding carboxylic acids is 1. The van der Waals surface area contributed by atoms with Crippen molar-refractivity contribution < 1.29 is 15.0 Å². The van der Waals surface area contributed by atoms with E-state index in [1.165, 1.54) is 30.5 Å². The highest BCUT2D eigenvalue weighted by molar-refractivity contribution is 5.98. The monoisotopic (exact) mass is 514 g/mol. The number of likely N-dealkylation sites (tertiary alicyclic amines) is 1. The zero-order valence-electron chi connectivity index (χ0n) is 22.0. The normalized spacial score (nSPS) is 37.3. The minimum atomic E-state index is -0.304. The average molecular weight is 515 g/mol. The highest BCUT2D eigenvalue weighted by atomic mass is 16.3. The second-order valence-electron chi connectivity index (χ2n) is 13.6. The summed E-state index contributed by atoms with van der Waals surface area (Å²) in [5.41, 5.74) is 4.74. The summed E-state index contributed by atoms with van der Waals surface area (Å²) in [5, 5.41) is 20.7. The molecule has 0 radical (unpaired) electrons. The first-order valence-corrected chi connectivity index (χ1v) is 14.9. The molecule has 3 saturated carbocycles. The number of pyridine rings is 1. The van der Waals surface area contributed by atoms with Gasteiger partial charge in [-0.2, -0.15) is 0 Å². The van der Waals surface area contributed by atoms with E-state index in [-0.39, 0.29) is 40.6 Å². The van der Waals surface area contributed by atoms with Gasteiger partial charge in [0.25, 0.3) is 5.56 Å². The third kappa shape index (κ3) is 3.45. The van der Waals surface area contributed by atoms with Gasteiger partial charge in [0.15, 0.2) is 5.78 Å². The van der Waals surface area contributed by atoms with Crippen LogP contribution < -0.4 is 5.56 Å². The first-order chi connectivity index (χ1) is 18.4. The fourth-order valence-corrected chi connectivity index (χ4v) is 9.65. The molecule has 4 bridgehead atoms. The Morgan fingerprint density at radius 2 is 1.84 bits per heavy atom. The molecule has 38 heavy (non-hydrogen) atoms. The number of aromatic amines is 1. The van der Waals surface area contributed by atoms with Crippen LogP contribution in [0.5, 0.6) is 5.75 Å². The van der Waals surface area contributed by atoms with Crippen molar-refractivity contribution in [3.63, 3.8) is 0 Å². The summed E-state index contributed by atoms with van der Waals surface area (Å²) in [6, 6.07) is 8.34. The summed E-state index contributed by atoms with van der Waals surface area (Å²) in [6.07, 6.45) is 9.40. The van der Waals surface area contributed by atoms with E-state index in [1.54, 1.807) is 0 Å². The molecule has 7 atom stereocenters. The summed E-state index contributed by atoms with van der Waals surface area (Å²) in [5.74, 6) is 1.86. The van der Waals surface area contributed by atoms with Crippen molar-refractivity contribution in [3.05, 3.63) is 62.6 Å². The van der Waals surface area contributed by atoms with Gasteiger partial charge in [-0.3, -0.25) is 14.5 Å². The predicted molar refractivity (Wildman–Crippen MR) is 143 cm³/mol. The number of aromatic nitrogens is 1. The molecule has 6 aliphatic rings. The number of benzene rings is 1. The molecule has 0 amide bonds. The highest BCUT2D eigenvalue weighted by Crippen LogP contribution is 2.55. The van der Waals surface area contributed by atoms with Crippen LogP contribution in [0.2, 0.25) is 0 Å². The molecule has 4 fully saturated rings. The van der Waals surface area contributed by atoms with Gasteiger partial charge in [-0.1, -0.05) is 6.07 Å². The molecule has 200 valence electrons. The zero-order valence-corrected chi connectivity index (χ0v) is 22.0. The van der Waals surface area contributed by atoms with E-state index in [9.17, 15) is 19.8 Å². The van der Waals surface area contributed by atoms with Gasteiger partial charge in [-0.05, 0) is 129 Å². The Hall–Kier alpha value is -2.44. The van der Waals surface area contributed by atoms with Gasteiger partial charge in [0.2, 0.25) is 0 Å². The Kier molecular flexibility index (Phi) is 5.11. The number of nitrogens with one attached hydrogen (secondary N) is 1. The number of carbonyl (C=O) groups is 1. The maximum Gasteiger partial charge on any atom is 0.259 e. The van der Waals surface area contributed by atoms with Crippen LogP contribution >= 0.6 is 0 Å². The summed E-state index contributed by atoms with van der Waals surface area (Å²) in [7, 11) is 0. The van der Waals surface area contributed by atoms with E-state index in [2.05, 4.69) is 16.0 Å². The van der Waals surface area contributed by atoms with Crippen molar-refractivity contribution in [2.75, 3.05) is 13.1 Å². The van der Waals surface area contributed by atoms with Gasteiger partial charge < -0.3 is 15.2 Å². The van der Waals surface area contributed by atoms with E-state index in [0.29, 0.717) is 36.1 Å². The van der Waals surface area contributed by atoms with Gasteiger partial charge in [0, 0.05) is 29.6 Å². The number of nitrogens with zero attached hydrogens (tertiary/aromatic N) is 1. The number of hydrogen-bond donors (Lipinski definition) is 3. The maximum atomic E-state index is 13.8. The number of fused-ring (bicyclic) bond motifs is 4. The molecule has 6 heteroatoms. The van der Waals surface area contributed by atoms with Crippen molar-refractivity contribution in [2.24, 2.45) is 29.6 Å². The third-order valence-electron chi connectivity index (χ3n) is 11.5. The predicted octanol–water partition coefficient (Wildman–Crippen LogP) is 3.75. The van der Waals surface area contributed by atoms with Crippen LogP contribution in [0.25, 0.3) is 0 Å². The van der Waals surface area contributed by atoms with Crippen LogP contribution in [-0.2, 0) is 24.7 Å². The number of aromatic hydroxyl groups is 1. The number of phenols is 1. The number of aliphatic hydroxyl groups is 1. The van der Waals surface area contributed by atoms with Gasteiger partial charge in [0.1, 0.15) is 5.75 Å². The second-order valence-corrected chi connectivity index (χ2v) is 13.6. The Labute approximate surface area is 223 Å². The zero-order chi connectivity index (χ0) is 25.8. The molecule has 6 nitrogen and oxygen atoms in total. The third-order valence-corrected chi connectivity index (χ3v) is 11.5. The Balaban J connectivity index is 1.18. The van der Waals surface area contributed by atoms with Gasteiger partial charge >= 0.3 is 0 Å². The van der Waals surface area contributed by atoms with Crippen LogP contribution in [0, 0.1) is 29.6 Å². The molecule has 3 N–H and O–H groups in total. The van der Waals surface area contributed by atoms with Gasteiger partial charge in [-0.25, -0.2) is 0 Å². The highest BCUT2D eigenvalue weighted by Gasteiger charge is 2.56. The molecule has 1 saturated heterocycles. The summed E-state index contributed by atoms with van der Waals surface area (Å²) in [6.45, 7) is 2.25. The number of H-pyrrole nitrogens is 1. The number of aliphatic hydroxyl groups excluding tert-OH is 1. The lowest BCUT2D eigenvalue weighted by molar-refractivity contribution is 0.00457. The first-order valence-electron chi connectivity index (χ1n) is 14.9. The van der Waals surface area contributed by atoms with Crippen molar-refractivity contribution in [3.8, 4) is 5.75 Å². The van der Waals surface area contributed by atoms with Crippen LogP contribution in [0.4, 0.5) is 0 Å². The van der Waals surface area contributed by atoms with Crippen molar-refractivity contribution in [2.45, 2.75) is 81.8 Å². The van der Waals surface area contributed by atoms with Gasteiger partial charge in [-0.15, -0.1) is 0 Å². The maximum absolute atomic E-state index is 13.8. The van der Waals surface area contributed by atoms with Crippen molar-refractivity contribution in [1.29, 1.82) is 0 Å². The van der Waals surface area contributed by atoms with Crippen LogP contribution in [0.15, 0.2) is 29.1 Å². The van der Waals surface area contributed by atoms with E-state index in [4.69, 9.17) is 0 Å². The van der Waals surface area contributed by atoms with E-state index < -0.39 is 0 Å². The summed E-state index contributed by atoms with van der Waals surface area (Å²) >= 11 is 0. The first kappa shape index (κ1) is 23.4. The molecule has 5 aliphatic carbocycles. The van der Waals surface area contributed by atoms with Crippen molar-refractivity contribution in [1.82, 2.24) is 9.88 Å². The van der Waals surface area contributed by atoms with E-state index in [1.807, 2.05) is 18.2 Å². The molecular weight excluding hydrogens is 476 g/mol. The smallest absolute Gasteiger partial charge is 0.259 e. The molecule has 2 aromatic rings. The molecule has 0 spiro atoms. The Morgan fingerprint density at radius 1 is 1.05 bits per heavy atom. The lowest BCUT2D eigenvalue weighted by Crippen LogP contribution is -2.63. The quantitative estimate of drug-likeness (QED) is 0.541. The molecule has 1 aromatic heterocycles.